The first-order chi connectivity index (χ1) is 6.20. The zero-order valence-corrected chi connectivity index (χ0v) is 6.97. The predicted octanol–water partition coefficient (Wildman–Crippen LogP) is -0.260. The van der Waals surface area contributed by atoms with Crippen LogP contribution in [0.3, 0.4) is 0 Å². The summed E-state index contributed by atoms with van der Waals surface area (Å²) in [5, 5.41) is 0. The highest BCUT2D eigenvalue weighted by Gasteiger charge is 2.37. The Morgan fingerprint density at radius 2 is 2.38 bits per heavy atom. The first-order valence-electron chi connectivity index (χ1n) is 3.82. The number of hydrogen-bond donors (Lipinski definition) is 0. The molecule has 13 heavy (non-hydrogen) atoms. The number of Topliss-reactive ketones (excluding diaryl/α,β-unsaturated/α-hetero) is 1. The van der Waals surface area contributed by atoms with Crippen molar-refractivity contribution in [2.45, 2.75) is 13.0 Å². The van der Waals surface area contributed by atoms with E-state index in [-0.39, 0.29) is 5.78 Å². The zero-order chi connectivity index (χ0) is 9.42. The van der Waals surface area contributed by atoms with Crippen LogP contribution in [0.2, 0.25) is 0 Å². The van der Waals surface area contributed by atoms with Crippen molar-refractivity contribution < 1.29 is 9.59 Å². The summed E-state index contributed by atoms with van der Waals surface area (Å²) in [5.74, 6) is -0.357. The number of carbonyl (C=O) groups excluding carboxylic acids is 2. The van der Waals surface area contributed by atoms with Gasteiger partial charge in [0.25, 0.3) is 5.91 Å². The minimum absolute atomic E-state index is 0.217. The molecule has 2 heterocycles. The Balaban J connectivity index is 2.38. The minimum Gasteiger partial charge on any atom is -0.297 e. The Bertz CT molecular complexity index is 368. The van der Waals surface area contributed by atoms with Gasteiger partial charge in [-0.3, -0.25) is 14.5 Å². The van der Waals surface area contributed by atoms with Gasteiger partial charge in [-0.25, -0.2) is 4.99 Å². The molecule has 0 saturated carbocycles. The number of fused-ring (bicyclic) bond motifs is 1. The molecule has 0 aromatic carbocycles. The SMILES string of the molecule is CC(=O)C1C(=O)N=C2N=CC=CN21. The second-order valence-electron chi connectivity index (χ2n) is 2.79. The number of guanidine groups is 1. The van der Waals surface area contributed by atoms with E-state index < -0.39 is 11.9 Å². The highest BCUT2D eigenvalue weighted by Crippen LogP contribution is 2.16. The van der Waals surface area contributed by atoms with Crippen LogP contribution in [-0.2, 0) is 9.59 Å². The fourth-order valence-electron chi connectivity index (χ4n) is 1.31. The molecule has 66 valence electrons. The second kappa shape index (κ2) is 2.62. The van der Waals surface area contributed by atoms with Crippen molar-refractivity contribution in [2.75, 3.05) is 0 Å². The summed E-state index contributed by atoms with van der Waals surface area (Å²) in [6, 6.07) is -0.802. The van der Waals surface area contributed by atoms with E-state index in [1.54, 1.807) is 12.3 Å². The molecule has 1 unspecified atom stereocenters. The molecule has 0 radical (unpaired) electrons. The number of allylic oxidation sites excluding steroid dienone is 1. The third-order valence-electron chi connectivity index (χ3n) is 1.86. The molecule has 0 fully saturated rings. The molecule has 0 bridgehead atoms. The summed E-state index contributed by atoms with van der Waals surface area (Å²) in [5.41, 5.74) is 0. The number of aliphatic imine (C=N–C) groups is 2. The summed E-state index contributed by atoms with van der Waals surface area (Å²) in [6.45, 7) is 1.37. The standard InChI is InChI=1S/C8H7N3O2/c1-5(12)6-7(13)10-8-9-3-2-4-11(6)8/h2-4,6H,1H3. The lowest BCUT2D eigenvalue weighted by molar-refractivity contribution is -0.128. The van der Waals surface area contributed by atoms with Crippen molar-refractivity contribution in [3.05, 3.63) is 12.3 Å². The van der Waals surface area contributed by atoms with Crippen LogP contribution in [0, 0.1) is 0 Å². The fourth-order valence-corrected chi connectivity index (χ4v) is 1.31. The molecule has 0 aromatic heterocycles. The van der Waals surface area contributed by atoms with Gasteiger partial charge in [0.15, 0.2) is 11.8 Å². The van der Waals surface area contributed by atoms with Crippen LogP contribution in [-0.4, -0.2) is 34.8 Å². The fraction of sp³-hybridized carbons (Fsp3) is 0.250. The van der Waals surface area contributed by atoms with E-state index in [1.165, 1.54) is 18.0 Å². The van der Waals surface area contributed by atoms with Gasteiger partial charge in [-0.1, -0.05) is 0 Å². The van der Waals surface area contributed by atoms with Gasteiger partial charge in [-0.2, -0.15) is 4.99 Å². The Morgan fingerprint density at radius 1 is 1.62 bits per heavy atom. The monoisotopic (exact) mass is 177 g/mol. The maximum atomic E-state index is 11.2. The van der Waals surface area contributed by atoms with Crippen molar-refractivity contribution in [3.8, 4) is 0 Å². The molecule has 1 amide bonds. The summed E-state index contributed by atoms with van der Waals surface area (Å²) < 4.78 is 0. The van der Waals surface area contributed by atoms with Gasteiger partial charge in [-0.05, 0) is 13.0 Å². The van der Waals surface area contributed by atoms with Crippen LogP contribution < -0.4 is 0 Å². The third-order valence-corrected chi connectivity index (χ3v) is 1.86. The molecular formula is C8H7N3O2. The Morgan fingerprint density at radius 3 is 3.08 bits per heavy atom. The van der Waals surface area contributed by atoms with Crippen molar-refractivity contribution in [1.82, 2.24) is 4.90 Å². The van der Waals surface area contributed by atoms with Gasteiger partial charge >= 0.3 is 0 Å². The molecule has 0 saturated heterocycles. The van der Waals surface area contributed by atoms with Crippen LogP contribution in [0.5, 0.6) is 0 Å². The maximum absolute atomic E-state index is 11.2. The van der Waals surface area contributed by atoms with Gasteiger partial charge in [-0.15, -0.1) is 0 Å². The van der Waals surface area contributed by atoms with Crippen LogP contribution in [0.25, 0.3) is 0 Å². The predicted molar refractivity (Wildman–Crippen MR) is 46.4 cm³/mol. The van der Waals surface area contributed by atoms with Crippen LogP contribution in [0.1, 0.15) is 6.92 Å². The lowest BCUT2D eigenvalue weighted by Gasteiger charge is -2.19. The summed E-state index contributed by atoms with van der Waals surface area (Å²) in [6.07, 6.45) is 4.82. The first kappa shape index (κ1) is 7.85. The van der Waals surface area contributed by atoms with Gasteiger partial charge in [0.2, 0.25) is 5.96 Å². The summed E-state index contributed by atoms with van der Waals surface area (Å²) in [4.78, 5) is 31.3. The largest absolute Gasteiger partial charge is 0.297 e. The van der Waals surface area contributed by atoms with Gasteiger partial charge in [0.1, 0.15) is 0 Å². The Labute approximate surface area is 74.5 Å². The summed E-state index contributed by atoms with van der Waals surface area (Å²) in [7, 11) is 0. The van der Waals surface area contributed by atoms with E-state index in [9.17, 15) is 9.59 Å². The van der Waals surface area contributed by atoms with E-state index >= 15 is 0 Å². The Hall–Kier alpha value is -1.78. The van der Waals surface area contributed by atoms with Crippen LogP contribution in [0.15, 0.2) is 22.3 Å². The molecular weight excluding hydrogens is 170 g/mol. The number of nitrogens with zero attached hydrogens (tertiary/aromatic N) is 3. The van der Waals surface area contributed by atoms with Crippen molar-refractivity contribution in [1.29, 1.82) is 0 Å². The molecule has 2 aliphatic rings. The van der Waals surface area contributed by atoms with Crippen molar-refractivity contribution in [2.24, 2.45) is 9.98 Å². The zero-order valence-electron chi connectivity index (χ0n) is 6.97. The molecule has 0 aliphatic carbocycles. The van der Waals surface area contributed by atoms with E-state index in [0.717, 1.165) is 0 Å². The number of rotatable bonds is 1. The molecule has 0 spiro atoms. The number of carbonyl (C=O) groups is 2. The molecule has 2 rings (SSSR count). The first-order valence-corrected chi connectivity index (χ1v) is 3.82. The lowest BCUT2D eigenvalue weighted by Crippen LogP contribution is -2.39. The normalized spacial score (nSPS) is 24.7. The van der Waals surface area contributed by atoms with E-state index in [0.29, 0.717) is 5.96 Å². The minimum atomic E-state index is -0.802. The van der Waals surface area contributed by atoms with Crippen LogP contribution >= 0.6 is 0 Å². The van der Waals surface area contributed by atoms with Gasteiger partial charge in [0, 0.05) is 12.4 Å². The molecule has 0 N–H and O–H groups in total. The van der Waals surface area contributed by atoms with E-state index in [2.05, 4.69) is 9.98 Å². The van der Waals surface area contributed by atoms with Crippen molar-refractivity contribution in [3.63, 3.8) is 0 Å². The van der Waals surface area contributed by atoms with E-state index in [1.807, 2.05) is 0 Å². The van der Waals surface area contributed by atoms with Crippen LogP contribution in [0.4, 0.5) is 0 Å². The quantitative estimate of drug-likeness (QED) is 0.518. The molecule has 0 aromatic rings. The maximum Gasteiger partial charge on any atom is 0.279 e. The summed E-state index contributed by atoms with van der Waals surface area (Å²) >= 11 is 0. The van der Waals surface area contributed by atoms with Crippen molar-refractivity contribution >= 4 is 23.9 Å². The average Bonchev–Trinajstić information content (AvgIpc) is 2.39. The van der Waals surface area contributed by atoms with Gasteiger partial charge in [0.05, 0.1) is 0 Å². The number of amides is 1. The highest BCUT2D eigenvalue weighted by molar-refractivity contribution is 6.17. The van der Waals surface area contributed by atoms with E-state index in [4.69, 9.17) is 0 Å². The molecule has 1 atom stereocenters. The highest BCUT2D eigenvalue weighted by atomic mass is 16.2. The smallest absolute Gasteiger partial charge is 0.279 e. The average molecular weight is 177 g/mol. The molecule has 2 aliphatic heterocycles. The van der Waals surface area contributed by atoms with Gasteiger partial charge < -0.3 is 0 Å². The third kappa shape index (κ3) is 1.09. The number of hydrogen-bond acceptors (Lipinski definition) is 4. The Kier molecular flexibility index (Phi) is 1.58. The lowest BCUT2D eigenvalue weighted by atomic mass is 10.2. The molecule has 5 heteroatoms. The second-order valence-corrected chi connectivity index (χ2v) is 2.79. The topological polar surface area (TPSA) is 62.1 Å². The number of ketones is 1. The molecule has 5 nitrogen and oxygen atoms in total.